The van der Waals surface area contributed by atoms with Gasteiger partial charge in [-0.1, -0.05) is 11.8 Å². The lowest BCUT2D eigenvalue weighted by molar-refractivity contribution is -0.119. The highest BCUT2D eigenvalue weighted by molar-refractivity contribution is 7.99. The molecule has 0 bridgehead atoms. The molecule has 0 spiro atoms. The molecular formula is C20H24N6O3S. The van der Waals surface area contributed by atoms with Crippen molar-refractivity contribution in [1.82, 2.24) is 25.1 Å². The monoisotopic (exact) mass is 428 g/mol. The molecule has 30 heavy (non-hydrogen) atoms. The number of methoxy groups -OCH3 is 1. The van der Waals surface area contributed by atoms with Crippen LogP contribution in [0.5, 0.6) is 5.75 Å². The quantitative estimate of drug-likeness (QED) is 0.391. The van der Waals surface area contributed by atoms with Gasteiger partial charge in [0.05, 0.1) is 24.4 Å². The normalized spacial score (nSPS) is 16.1. The third kappa shape index (κ3) is 4.19. The molecule has 1 aliphatic rings. The highest BCUT2D eigenvalue weighted by Crippen LogP contribution is 2.23. The summed E-state index contributed by atoms with van der Waals surface area (Å²) in [6.07, 6.45) is 2.12. The average Bonchev–Trinajstić information content (AvgIpc) is 3.41. The number of hydrogen-bond acceptors (Lipinski definition) is 7. The van der Waals surface area contributed by atoms with Crippen molar-refractivity contribution in [2.75, 3.05) is 26.0 Å². The molecule has 1 fully saturated rings. The van der Waals surface area contributed by atoms with Crippen LogP contribution in [0, 0.1) is 12.3 Å². The first-order chi connectivity index (χ1) is 14.6. The van der Waals surface area contributed by atoms with E-state index in [1.807, 2.05) is 31.2 Å². The fourth-order valence-electron chi connectivity index (χ4n) is 3.41. The molecule has 0 radical (unpaired) electrons. The molecule has 158 valence electrons. The van der Waals surface area contributed by atoms with E-state index >= 15 is 0 Å². The van der Waals surface area contributed by atoms with E-state index in [9.17, 15) is 4.79 Å². The van der Waals surface area contributed by atoms with Crippen molar-refractivity contribution < 1.29 is 14.3 Å². The second-order valence-electron chi connectivity index (χ2n) is 7.05. The molecule has 3 N–H and O–H groups in total. The number of nitrogens with one attached hydrogen (secondary N) is 3. The molecule has 1 atom stereocenters. The van der Waals surface area contributed by atoms with Crippen molar-refractivity contribution >= 4 is 28.7 Å². The molecule has 3 heterocycles. The largest absolute Gasteiger partial charge is 0.497 e. The molecule has 1 unspecified atom stereocenters. The van der Waals surface area contributed by atoms with E-state index < -0.39 is 0 Å². The van der Waals surface area contributed by atoms with Crippen molar-refractivity contribution in [3.05, 3.63) is 35.4 Å². The zero-order chi connectivity index (χ0) is 21.1. The molecule has 9 nitrogen and oxygen atoms in total. The minimum absolute atomic E-state index is 0.0941. The number of carbonyl (C=O) groups is 1. The highest BCUT2D eigenvalue weighted by atomic mass is 32.2. The summed E-state index contributed by atoms with van der Waals surface area (Å²) in [5.41, 5.74) is 2.26. The fourth-order valence-corrected chi connectivity index (χ4v) is 4.25. The lowest BCUT2D eigenvalue weighted by Gasteiger charge is -2.14. The molecule has 0 aliphatic carbocycles. The number of carbonyl (C=O) groups excluding carboxylic acids is 1. The summed E-state index contributed by atoms with van der Waals surface area (Å²) in [6.45, 7) is 3.14. The van der Waals surface area contributed by atoms with Gasteiger partial charge < -0.3 is 14.8 Å². The summed E-state index contributed by atoms with van der Waals surface area (Å²) in [5, 5.41) is 19.9. The summed E-state index contributed by atoms with van der Waals surface area (Å²) in [4.78, 5) is 17.0. The van der Waals surface area contributed by atoms with Gasteiger partial charge in [0, 0.05) is 24.5 Å². The number of nitrogens with zero attached hydrogens (tertiary/aromatic N) is 3. The van der Waals surface area contributed by atoms with Crippen molar-refractivity contribution in [2.45, 2.75) is 31.0 Å². The van der Waals surface area contributed by atoms with E-state index in [2.05, 4.69) is 20.5 Å². The predicted octanol–water partition coefficient (Wildman–Crippen LogP) is 1.93. The average molecular weight is 429 g/mol. The number of aromatic nitrogens is 4. The first-order valence-corrected chi connectivity index (χ1v) is 10.7. The van der Waals surface area contributed by atoms with Crippen LogP contribution in [0.25, 0.3) is 16.7 Å². The van der Waals surface area contributed by atoms with Crippen molar-refractivity contribution in [1.29, 1.82) is 5.41 Å². The number of ether oxygens (including phenoxy) is 2. The second-order valence-corrected chi connectivity index (χ2v) is 7.99. The maximum absolute atomic E-state index is 12.3. The number of amides is 1. The van der Waals surface area contributed by atoms with Crippen LogP contribution >= 0.6 is 11.8 Å². The van der Waals surface area contributed by atoms with Crippen LogP contribution in [-0.4, -0.2) is 57.8 Å². The molecule has 1 amide bonds. The molecule has 3 aromatic rings. The molecule has 1 saturated heterocycles. The van der Waals surface area contributed by atoms with Crippen LogP contribution in [0.15, 0.2) is 29.4 Å². The SMILES string of the molecule is COc1ccc(-n2c(SCC(=O)NCC3CCCO3)nc3n[nH]c(C)c3c2=N)cc1. The Morgan fingerprint density at radius 3 is 2.93 bits per heavy atom. The van der Waals surface area contributed by atoms with Crippen LogP contribution in [0.2, 0.25) is 0 Å². The third-order valence-electron chi connectivity index (χ3n) is 5.00. The molecular weight excluding hydrogens is 404 g/mol. The standard InChI is InChI=1S/C20H24N6O3S/c1-12-17-18(21)26(13-5-7-14(28-2)8-6-13)20(23-19(17)25-24-12)30-11-16(27)22-10-15-4-3-9-29-15/h5-8,15,21H,3-4,9-11H2,1-2H3,(H,22,27)(H,24,25). The molecule has 10 heteroatoms. The van der Waals surface area contributed by atoms with E-state index in [0.29, 0.717) is 22.7 Å². The Morgan fingerprint density at radius 2 is 2.23 bits per heavy atom. The van der Waals surface area contributed by atoms with Crippen molar-refractivity contribution in [3.63, 3.8) is 0 Å². The lowest BCUT2D eigenvalue weighted by Crippen LogP contribution is -2.33. The van der Waals surface area contributed by atoms with Gasteiger partial charge in [-0.25, -0.2) is 4.98 Å². The summed E-state index contributed by atoms with van der Waals surface area (Å²) in [7, 11) is 1.61. The molecule has 2 aromatic heterocycles. The van der Waals surface area contributed by atoms with Gasteiger partial charge in [-0.05, 0) is 44.0 Å². The number of thioether (sulfide) groups is 1. The Hall–Kier alpha value is -2.85. The summed E-state index contributed by atoms with van der Waals surface area (Å²) >= 11 is 1.27. The first-order valence-electron chi connectivity index (χ1n) is 9.74. The Kier molecular flexibility index (Phi) is 6.05. The van der Waals surface area contributed by atoms with Gasteiger partial charge in [0.2, 0.25) is 5.91 Å². The van der Waals surface area contributed by atoms with Crippen LogP contribution in [0.3, 0.4) is 0 Å². The number of rotatable bonds is 7. The topological polar surface area (TPSA) is 118 Å². The summed E-state index contributed by atoms with van der Waals surface area (Å²) in [6, 6.07) is 7.39. The van der Waals surface area contributed by atoms with E-state index in [1.54, 1.807) is 11.7 Å². The van der Waals surface area contributed by atoms with Crippen LogP contribution < -0.4 is 15.5 Å². The van der Waals surface area contributed by atoms with Gasteiger partial charge in [0.25, 0.3) is 0 Å². The zero-order valence-corrected chi connectivity index (χ0v) is 17.7. The molecule has 0 saturated carbocycles. The van der Waals surface area contributed by atoms with E-state index in [-0.39, 0.29) is 23.3 Å². The van der Waals surface area contributed by atoms with Gasteiger partial charge in [-0.2, -0.15) is 5.10 Å². The molecule has 1 aromatic carbocycles. The Labute approximate surface area is 177 Å². The fraction of sp³-hybridized carbons (Fsp3) is 0.400. The van der Waals surface area contributed by atoms with Crippen molar-refractivity contribution in [3.8, 4) is 11.4 Å². The number of benzene rings is 1. The predicted molar refractivity (Wildman–Crippen MR) is 113 cm³/mol. The molecule has 4 rings (SSSR count). The summed E-state index contributed by atoms with van der Waals surface area (Å²) in [5.74, 6) is 0.815. The van der Waals surface area contributed by atoms with Gasteiger partial charge in [0.15, 0.2) is 10.8 Å². The zero-order valence-electron chi connectivity index (χ0n) is 16.9. The maximum Gasteiger partial charge on any atom is 0.230 e. The van der Waals surface area contributed by atoms with Gasteiger partial charge in [-0.3, -0.25) is 19.9 Å². The molecule has 1 aliphatic heterocycles. The van der Waals surface area contributed by atoms with Gasteiger partial charge in [0.1, 0.15) is 11.2 Å². The van der Waals surface area contributed by atoms with Crippen LogP contribution in [-0.2, 0) is 9.53 Å². The lowest BCUT2D eigenvalue weighted by atomic mass is 10.2. The minimum Gasteiger partial charge on any atom is -0.497 e. The Morgan fingerprint density at radius 1 is 1.43 bits per heavy atom. The first kappa shape index (κ1) is 20.4. The number of aromatic amines is 1. The number of aryl methyl sites for hydroxylation is 1. The smallest absolute Gasteiger partial charge is 0.230 e. The second kappa shape index (κ2) is 8.88. The van der Waals surface area contributed by atoms with Gasteiger partial charge in [-0.15, -0.1) is 0 Å². The van der Waals surface area contributed by atoms with Gasteiger partial charge >= 0.3 is 0 Å². The Bertz CT molecular complexity index is 1100. The van der Waals surface area contributed by atoms with Crippen LogP contribution in [0.1, 0.15) is 18.5 Å². The van der Waals surface area contributed by atoms with Crippen LogP contribution in [0.4, 0.5) is 0 Å². The summed E-state index contributed by atoms with van der Waals surface area (Å²) < 4.78 is 12.5. The van der Waals surface area contributed by atoms with E-state index in [1.165, 1.54) is 11.8 Å². The van der Waals surface area contributed by atoms with E-state index in [4.69, 9.17) is 14.9 Å². The van der Waals surface area contributed by atoms with Crippen molar-refractivity contribution in [2.24, 2.45) is 0 Å². The Balaban J connectivity index is 1.60. The number of H-pyrrole nitrogens is 1. The highest BCUT2D eigenvalue weighted by Gasteiger charge is 2.18. The third-order valence-corrected chi connectivity index (χ3v) is 5.93. The number of hydrogen-bond donors (Lipinski definition) is 3. The minimum atomic E-state index is -0.0941. The number of fused-ring (bicyclic) bond motifs is 1. The maximum atomic E-state index is 12.3. The van der Waals surface area contributed by atoms with E-state index in [0.717, 1.165) is 36.6 Å².